The lowest BCUT2D eigenvalue weighted by Crippen LogP contribution is -2.33. The summed E-state index contributed by atoms with van der Waals surface area (Å²) in [5, 5.41) is 2.56. The molecule has 7 heteroatoms. The van der Waals surface area contributed by atoms with Crippen LogP contribution < -0.4 is 11.1 Å². The number of nitrogen functional groups attached to an aromatic ring is 1. The van der Waals surface area contributed by atoms with Crippen LogP contribution in [0.5, 0.6) is 0 Å². The van der Waals surface area contributed by atoms with Crippen molar-refractivity contribution in [1.29, 1.82) is 0 Å². The number of hydrogen-bond acceptors (Lipinski definition) is 3. The lowest BCUT2D eigenvalue weighted by molar-refractivity contribution is -0.136. The number of hydrogen-bond donors (Lipinski definition) is 2. The third kappa shape index (κ3) is 4.12. The van der Waals surface area contributed by atoms with Gasteiger partial charge in [-0.2, -0.15) is 13.2 Å². The number of nitrogens with zero attached hydrogens (tertiary/aromatic N) is 1. The zero-order valence-electron chi connectivity index (χ0n) is 11.4. The average Bonchev–Trinajstić information content (AvgIpc) is 2.37. The smallest absolute Gasteiger partial charge is 0.398 e. The third-order valence-corrected chi connectivity index (χ3v) is 2.98. The highest BCUT2D eigenvalue weighted by Crippen LogP contribution is 2.34. The second-order valence-corrected chi connectivity index (χ2v) is 4.42. The number of anilines is 1. The standard InChI is InChI=1S/C13H18F3N3O/c1-3-19(2)8-7-18-12(20)9-5-4-6-10(11(9)17)13(14,15)16/h4-6H,3,7-8,17H2,1-2H3,(H,18,20). The van der Waals surface area contributed by atoms with Crippen LogP contribution in [0.4, 0.5) is 18.9 Å². The number of nitrogens with two attached hydrogens (primary N) is 1. The van der Waals surface area contributed by atoms with Crippen LogP contribution in [0.25, 0.3) is 0 Å². The molecule has 0 saturated heterocycles. The monoisotopic (exact) mass is 289 g/mol. The average molecular weight is 289 g/mol. The van der Waals surface area contributed by atoms with Gasteiger partial charge >= 0.3 is 6.18 Å². The summed E-state index contributed by atoms with van der Waals surface area (Å²) in [5.74, 6) is -0.599. The fourth-order valence-corrected chi connectivity index (χ4v) is 1.62. The topological polar surface area (TPSA) is 58.4 Å². The number of carbonyl (C=O) groups excluding carboxylic acids is 1. The summed E-state index contributed by atoms with van der Waals surface area (Å²) >= 11 is 0. The molecule has 0 aliphatic carbocycles. The normalized spacial score (nSPS) is 11.7. The Kier molecular flexibility index (Phi) is 5.38. The van der Waals surface area contributed by atoms with Crippen molar-refractivity contribution in [2.24, 2.45) is 0 Å². The number of rotatable bonds is 5. The molecule has 0 atom stereocenters. The van der Waals surface area contributed by atoms with E-state index in [1.807, 2.05) is 18.9 Å². The van der Waals surface area contributed by atoms with Crippen molar-refractivity contribution in [3.05, 3.63) is 29.3 Å². The van der Waals surface area contributed by atoms with Crippen LogP contribution in [0, 0.1) is 0 Å². The van der Waals surface area contributed by atoms with Crippen molar-refractivity contribution in [2.75, 3.05) is 32.4 Å². The second kappa shape index (κ2) is 6.60. The van der Waals surface area contributed by atoms with Crippen LogP contribution in [0.1, 0.15) is 22.8 Å². The first kappa shape index (κ1) is 16.3. The third-order valence-electron chi connectivity index (χ3n) is 2.98. The number of nitrogens with one attached hydrogen (secondary N) is 1. The van der Waals surface area contributed by atoms with E-state index in [4.69, 9.17) is 5.73 Å². The number of para-hydroxylation sites is 1. The predicted molar refractivity (Wildman–Crippen MR) is 71.4 cm³/mol. The fraction of sp³-hybridized carbons (Fsp3) is 0.462. The molecule has 0 saturated carbocycles. The quantitative estimate of drug-likeness (QED) is 0.815. The van der Waals surface area contributed by atoms with Gasteiger partial charge in [0.25, 0.3) is 5.91 Å². The van der Waals surface area contributed by atoms with Crippen LogP contribution in [0.15, 0.2) is 18.2 Å². The Bertz CT molecular complexity index is 474. The molecule has 0 aromatic heterocycles. The molecule has 0 aliphatic rings. The Hall–Kier alpha value is -1.76. The maximum absolute atomic E-state index is 12.7. The Morgan fingerprint density at radius 2 is 2.05 bits per heavy atom. The van der Waals surface area contributed by atoms with E-state index in [1.165, 1.54) is 12.1 Å². The molecule has 20 heavy (non-hydrogen) atoms. The van der Waals surface area contributed by atoms with Crippen LogP contribution in [-0.4, -0.2) is 37.5 Å². The molecule has 0 aliphatic heterocycles. The Morgan fingerprint density at radius 3 is 2.60 bits per heavy atom. The second-order valence-electron chi connectivity index (χ2n) is 4.42. The number of amides is 1. The van der Waals surface area contributed by atoms with E-state index in [2.05, 4.69) is 5.32 Å². The molecular formula is C13H18F3N3O. The van der Waals surface area contributed by atoms with E-state index >= 15 is 0 Å². The zero-order chi connectivity index (χ0) is 15.3. The van der Waals surface area contributed by atoms with Gasteiger partial charge in [0, 0.05) is 13.1 Å². The Morgan fingerprint density at radius 1 is 1.40 bits per heavy atom. The summed E-state index contributed by atoms with van der Waals surface area (Å²) in [6.45, 7) is 3.74. The Labute approximate surface area is 115 Å². The number of carbonyl (C=O) groups is 1. The minimum Gasteiger partial charge on any atom is -0.398 e. The van der Waals surface area contributed by atoms with Gasteiger partial charge in [-0.15, -0.1) is 0 Å². The number of alkyl halides is 3. The highest BCUT2D eigenvalue weighted by Gasteiger charge is 2.34. The molecule has 1 amide bonds. The molecule has 1 rings (SSSR count). The van der Waals surface area contributed by atoms with Gasteiger partial charge in [0.2, 0.25) is 0 Å². The molecule has 1 aromatic rings. The van der Waals surface area contributed by atoms with E-state index < -0.39 is 23.3 Å². The molecule has 0 spiro atoms. The first-order valence-corrected chi connectivity index (χ1v) is 6.19. The first-order chi connectivity index (χ1) is 9.27. The number of likely N-dealkylation sites (N-methyl/N-ethyl adjacent to an activating group) is 1. The Balaban J connectivity index is 2.79. The molecule has 0 heterocycles. The molecule has 4 nitrogen and oxygen atoms in total. The van der Waals surface area contributed by atoms with Gasteiger partial charge in [-0.1, -0.05) is 13.0 Å². The SMILES string of the molecule is CCN(C)CCNC(=O)c1cccc(C(F)(F)F)c1N. The highest BCUT2D eigenvalue weighted by molar-refractivity contribution is 5.99. The van der Waals surface area contributed by atoms with Crippen LogP contribution >= 0.6 is 0 Å². The summed E-state index contributed by atoms with van der Waals surface area (Å²) < 4.78 is 38.0. The van der Waals surface area contributed by atoms with Gasteiger partial charge in [0.15, 0.2) is 0 Å². The lowest BCUT2D eigenvalue weighted by Gasteiger charge is -2.16. The van der Waals surface area contributed by atoms with Crippen molar-refractivity contribution in [1.82, 2.24) is 10.2 Å². The van der Waals surface area contributed by atoms with E-state index in [0.29, 0.717) is 13.1 Å². The van der Waals surface area contributed by atoms with Crippen molar-refractivity contribution in [3.8, 4) is 0 Å². The maximum Gasteiger partial charge on any atom is 0.418 e. The van der Waals surface area contributed by atoms with E-state index in [9.17, 15) is 18.0 Å². The largest absolute Gasteiger partial charge is 0.418 e. The van der Waals surface area contributed by atoms with E-state index in [-0.39, 0.29) is 5.56 Å². The van der Waals surface area contributed by atoms with Gasteiger partial charge in [-0.05, 0) is 25.7 Å². The molecular weight excluding hydrogens is 271 g/mol. The zero-order valence-corrected chi connectivity index (χ0v) is 11.4. The van der Waals surface area contributed by atoms with Gasteiger partial charge in [-0.3, -0.25) is 4.79 Å². The highest BCUT2D eigenvalue weighted by atomic mass is 19.4. The van der Waals surface area contributed by atoms with Crippen LogP contribution in [-0.2, 0) is 6.18 Å². The van der Waals surface area contributed by atoms with Crippen molar-refractivity contribution < 1.29 is 18.0 Å². The van der Waals surface area contributed by atoms with Gasteiger partial charge in [-0.25, -0.2) is 0 Å². The predicted octanol–water partition coefficient (Wildman–Crippen LogP) is 1.97. The van der Waals surface area contributed by atoms with Crippen molar-refractivity contribution in [2.45, 2.75) is 13.1 Å². The number of benzene rings is 1. The molecule has 0 radical (unpaired) electrons. The van der Waals surface area contributed by atoms with E-state index in [1.54, 1.807) is 0 Å². The first-order valence-electron chi connectivity index (χ1n) is 6.19. The minimum atomic E-state index is -4.57. The minimum absolute atomic E-state index is 0.154. The molecule has 3 N–H and O–H groups in total. The summed E-state index contributed by atoms with van der Waals surface area (Å²) in [6, 6.07) is 3.31. The lowest BCUT2D eigenvalue weighted by atomic mass is 10.1. The maximum atomic E-state index is 12.7. The van der Waals surface area contributed by atoms with Crippen molar-refractivity contribution >= 4 is 11.6 Å². The number of halogens is 3. The van der Waals surface area contributed by atoms with Gasteiger partial charge in [0.1, 0.15) is 0 Å². The van der Waals surface area contributed by atoms with E-state index in [0.717, 1.165) is 12.6 Å². The fourth-order valence-electron chi connectivity index (χ4n) is 1.62. The molecule has 0 bridgehead atoms. The summed E-state index contributed by atoms with van der Waals surface area (Å²) in [4.78, 5) is 13.8. The van der Waals surface area contributed by atoms with Crippen LogP contribution in [0.3, 0.4) is 0 Å². The summed E-state index contributed by atoms with van der Waals surface area (Å²) in [6.07, 6.45) is -4.57. The van der Waals surface area contributed by atoms with Crippen molar-refractivity contribution in [3.63, 3.8) is 0 Å². The van der Waals surface area contributed by atoms with Gasteiger partial charge in [0.05, 0.1) is 16.8 Å². The molecule has 0 unspecified atom stereocenters. The molecule has 112 valence electrons. The van der Waals surface area contributed by atoms with Gasteiger partial charge < -0.3 is 16.0 Å². The molecule has 1 aromatic carbocycles. The molecule has 0 fully saturated rings. The summed E-state index contributed by atoms with van der Waals surface area (Å²) in [7, 11) is 1.88. The summed E-state index contributed by atoms with van der Waals surface area (Å²) in [5.41, 5.74) is 3.75. The van der Waals surface area contributed by atoms with Crippen LogP contribution in [0.2, 0.25) is 0 Å².